The number of hydrogen-bond acceptors (Lipinski definition) is 6. The van der Waals surface area contributed by atoms with Crippen LogP contribution in [0.5, 0.6) is 11.5 Å². The van der Waals surface area contributed by atoms with Gasteiger partial charge in [-0.2, -0.15) is 0 Å². The van der Waals surface area contributed by atoms with E-state index >= 15 is 0 Å². The molecule has 0 spiro atoms. The minimum atomic E-state index is -0.631. The number of aryl methyl sites for hydroxylation is 1. The monoisotopic (exact) mass is 352 g/mol. The standard InChI is InChI=1S/C20H16O6/c1-8-7-11-15(17(22)13(8)19(24)20-9(2)26-20)18(23)14-10(16(11)21)5-4-6-12(14)25-3/h4-7,9,20,22H,1-3H3. The number of phenolic OH excluding ortho intramolecular Hbond substituents is 1. The third-order valence-electron chi connectivity index (χ3n) is 4.90. The predicted molar refractivity (Wildman–Crippen MR) is 91.4 cm³/mol. The van der Waals surface area contributed by atoms with E-state index < -0.39 is 17.6 Å². The number of carbonyl (C=O) groups excluding carboxylic acids is 3. The molecule has 0 radical (unpaired) electrons. The van der Waals surface area contributed by atoms with Crippen LogP contribution < -0.4 is 4.74 Å². The normalized spacial score (nSPS) is 20.4. The third-order valence-corrected chi connectivity index (χ3v) is 4.90. The average molecular weight is 352 g/mol. The van der Waals surface area contributed by atoms with Crippen LogP contribution in [0.3, 0.4) is 0 Å². The summed E-state index contributed by atoms with van der Waals surface area (Å²) >= 11 is 0. The summed E-state index contributed by atoms with van der Waals surface area (Å²) in [7, 11) is 1.40. The molecule has 6 nitrogen and oxygen atoms in total. The Kier molecular flexibility index (Phi) is 3.49. The summed E-state index contributed by atoms with van der Waals surface area (Å²) in [5, 5.41) is 10.7. The first-order valence-corrected chi connectivity index (χ1v) is 8.19. The molecular weight excluding hydrogens is 336 g/mol. The molecule has 1 saturated heterocycles. The lowest BCUT2D eigenvalue weighted by molar-refractivity contribution is 0.0946. The molecule has 0 saturated carbocycles. The van der Waals surface area contributed by atoms with Crippen LogP contribution >= 0.6 is 0 Å². The molecule has 132 valence electrons. The second-order valence-electron chi connectivity index (χ2n) is 6.51. The van der Waals surface area contributed by atoms with E-state index in [0.717, 1.165) is 0 Å². The van der Waals surface area contributed by atoms with Crippen LogP contribution in [0, 0.1) is 6.92 Å². The summed E-state index contributed by atoms with van der Waals surface area (Å²) in [5.74, 6) is -1.53. The van der Waals surface area contributed by atoms with Crippen LogP contribution in [0.2, 0.25) is 0 Å². The van der Waals surface area contributed by atoms with Crippen molar-refractivity contribution in [1.29, 1.82) is 0 Å². The Morgan fingerprint density at radius 3 is 2.46 bits per heavy atom. The quantitative estimate of drug-likeness (QED) is 0.575. The highest BCUT2D eigenvalue weighted by Crippen LogP contribution is 2.41. The number of Topliss-reactive ketones (excluding diaryl/α,β-unsaturated/α-hetero) is 1. The second-order valence-corrected chi connectivity index (χ2v) is 6.51. The molecule has 26 heavy (non-hydrogen) atoms. The molecule has 2 aliphatic rings. The van der Waals surface area contributed by atoms with Gasteiger partial charge in [-0.25, -0.2) is 0 Å². The molecule has 0 bridgehead atoms. The Hall–Kier alpha value is -2.99. The van der Waals surface area contributed by atoms with Crippen molar-refractivity contribution in [2.75, 3.05) is 7.11 Å². The molecule has 2 aromatic rings. The first kappa shape index (κ1) is 16.5. The highest BCUT2D eigenvalue weighted by Gasteiger charge is 2.44. The predicted octanol–water partition coefficient (Wildman–Crippen LogP) is 2.45. The highest BCUT2D eigenvalue weighted by atomic mass is 16.6. The largest absolute Gasteiger partial charge is 0.506 e. The lowest BCUT2D eigenvalue weighted by Crippen LogP contribution is -2.24. The second kappa shape index (κ2) is 5.51. The molecule has 2 atom stereocenters. The minimum absolute atomic E-state index is 0.0256. The molecule has 1 aliphatic heterocycles. The summed E-state index contributed by atoms with van der Waals surface area (Å²) in [6.45, 7) is 3.38. The molecule has 2 aromatic carbocycles. The van der Waals surface area contributed by atoms with Crippen molar-refractivity contribution in [3.05, 3.63) is 57.6 Å². The first-order chi connectivity index (χ1) is 12.4. The molecule has 1 fully saturated rings. The van der Waals surface area contributed by atoms with Crippen molar-refractivity contribution in [2.24, 2.45) is 0 Å². The fourth-order valence-corrected chi connectivity index (χ4v) is 3.52. The van der Waals surface area contributed by atoms with Gasteiger partial charge in [0.1, 0.15) is 17.6 Å². The smallest absolute Gasteiger partial charge is 0.202 e. The Morgan fingerprint density at radius 1 is 1.15 bits per heavy atom. The number of benzene rings is 2. The van der Waals surface area contributed by atoms with E-state index in [9.17, 15) is 19.5 Å². The molecule has 6 heteroatoms. The number of hydrogen-bond donors (Lipinski definition) is 1. The van der Waals surface area contributed by atoms with Crippen LogP contribution in [-0.2, 0) is 4.74 Å². The Morgan fingerprint density at radius 2 is 1.85 bits per heavy atom. The topological polar surface area (TPSA) is 93.2 Å². The molecular formula is C20H16O6. The summed E-state index contributed by atoms with van der Waals surface area (Å²) in [6, 6.07) is 6.24. The maximum Gasteiger partial charge on any atom is 0.202 e. The van der Waals surface area contributed by atoms with Crippen molar-refractivity contribution >= 4 is 17.3 Å². The third kappa shape index (κ3) is 2.12. The van der Waals surface area contributed by atoms with Crippen LogP contribution in [-0.4, -0.2) is 41.8 Å². The Balaban J connectivity index is 1.95. The van der Waals surface area contributed by atoms with E-state index in [-0.39, 0.29) is 51.2 Å². The zero-order chi connectivity index (χ0) is 18.7. The maximum absolute atomic E-state index is 13.1. The van der Waals surface area contributed by atoms with Crippen molar-refractivity contribution in [2.45, 2.75) is 26.1 Å². The van der Waals surface area contributed by atoms with Gasteiger partial charge in [0.15, 0.2) is 11.6 Å². The number of carbonyl (C=O) groups is 3. The molecule has 1 heterocycles. The molecule has 2 unspecified atom stereocenters. The fraction of sp³-hybridized carbons (Fsp3) is 0.250. The van der Waals surface area contributed by atoms with Gasteiger partial charge in [0.05, 0.1) is 29.9 Å². The van der Waals surface area contributed by atoms with Gasteiger partial charge >= 0.3 is 0 Å². The van der Waals surface area contributed by atoms with E-state index in [0.29, 0.717) is 5.56 Å². The number of rotatable bonds is 3. The highest BCUT2D eigenvalue weighted by molar-refractivity contribution is 6.31. The molecule has 1 aliphatic carbocycles. The zero-order valence-electron chi connectivity index (χ0n) is 14.5. The van der Waals surface area contributed by atoms with Gasteiger partial charge in [-0.05, 0) is 31.5 Å². The van der Waals surface area contributed by atoms with E-state index in [4.69, 9.17) is 9.47 Å². The van der Waals surface area contributed by atoms with Gasteiger partial charge in [0.25, 0.3) is 0 Å². The lowest BCUT2D eigenvalue weighted by atomic mass is 9.80. The molecule has 1 N–H and O–H groups in total. The van der Waals surface area contributed by atoms with Gasteiger partial charge in [-0.3, -0.25) is 14.4 Å². The molecule has 4 rings (SSSR count). The number of phenols is 1. The minimum Gasteiger partial charge on any atom is -0.506 e. The SMILES string of the molecule is COc1cccc2c1C(=O)c1c(cc(C)c(C(=O)C3OC3C)c1O)C2=O. The Bertz CT molecular complexity index is 1000. The van der Waals surface area contributed by atoms with E-state index in [1.807, 2.05) is 0 Å². The van der Waals surface area contributed by atoms with Gasteiger partial charge in [-0.15, -0.1) is 0 Å². The number of methoxy groups -OCH3 is 1. The van der Waals surface area contributed by atoms with Gasteiger partial charge in [-0.1, -0.05) is 12.1 Å². The van der Waals surface area contributed by atoms with Crippen molar-refractivity contribution in [1.82, 2.24) is 0 Å². The van der Waals surface area contributed by atoms with Gasteiger partial charge in [0.2, 0.25) is 5.78 Å². The van der Waals surface area contributed by atoms with Crippen molar-refractivity contribution < 1.29 is 29.0 Å². The first-order valence-electron chi connectivity index (χ1n) is 8.19. The number of fused-ring (bicyclic) bond motifs is 2. The number of ether oxygens (including phenoxy) is 2. The van der Waals surface area contributed by atoms with Crippen LogP contribution in [0.15, 0.2) is 24.3 Å². The van der Waals surface area contributed by atoms with E-state index in [2.05, 4.69) is 0 Å². The summed E-state index contributed by atoms with van der Waals surface area (Å²) in [4.78, 5) is 38.5. The van der Waals surface area contributed by atoms with Gasteiger partial charge < -0.3 is 14.6 Å². The molecule has 0 amide bonds. The summed E-state index contributed by atoms with van der Waals surface area (Å²) in [5.41, 5.74) is 0.709. The average Bonchev–Trinajstić information content (AvgIpc) is 3.35. The van der Waals surface area contributed by atoms with Crippen molar-refractivity contribution in [3.63, 3.8) is 0 Å². The maximum atomic E-state index is 13.1. The molecule has 0 aromatic heterocycles. The Labute approximate surface area is 149 Å². The number of epoxide rings is 1. The van der Waals surface area contributed by atoms with Gasteiger partial charge in [0, 0.05) is 11.1 Å². The summed E-state index contributed by atoms with van der Waals surface area (Å²) in [6.07, 6.45) is -0.857. The zero-order valence-corrected chi connectivity index (χ0v) is 14.5. The number of aromatic hydroxyl groups is 1. The lowest BCUT2D eigenvalue weighted by Gasteiger charge is -2.22. The fourth-order valence-electron chi connectivity index (χ4n) is 3.52. The number of ketones is 3. The van der Waals surface area contributed by atoms with Crippen LogP contribution in [0.25, 0.3) is 0 Å². The van der Waals surface area contributed by atoms with Crippen LogP contribution in [0.4, 0.5) is 0 Å². The van der Waals surface area contributed by atoms with Crippen molar-refractivity contribution in [3.8, 4) is 11.5 Å². The van der Waals surface area contributed by atoms with E-state index in [1.165, 1.54) is 13.2 Å². The van der Waals surface area contributed by atoms with Crippen LogP contribution in [0.1, 0.15) is 54.7 Å². The summed E-state index contributed by atoms with van der Waals surface area (Å²) < 4.78 is 10.4. The van der Waals surface area contributed by atoms with E-state index in [1.54, 1.807) is 32.0 Å².